The molecule has 0 heterocycles. The Kier molecular flexibility index (Phi) is 19.9. The van der Waals surface area contributed by atoms with Gasteiger partial charge in [0.15, 0.2) is 6.10 Å². The molecular weight excluding hydrogens is 731 g/mol. The molecule has 2 rings (SSSR count). The zero-order chi connectivity index (χ0) is 40.4. The fraction of sp³-hybridized carbons (Fsp3) is 0.667. The minimum atomic E-state index is -2.34. The third kappa shape index (κ3) is 15.6. The highest BCUT2D eigenvalue weighted by molar-refractivity contribution is 5.76. The summed E-state index contributed by atoms with van der Waals surface area (Å²) in [5, 5.41) is 5.59. The summed E-state index contributed by atoms with van der Waals surface area (Å²) in [4.78, 5) is 71.7. The van der Waals surface area contributed by atoms with Crippen molar-refractivity contribution < 1.29 is 74.4 Å². The Labute approximate surface area is 310 Å². The quantitative estimate of drug-likeness (QED) is 0.0308. The van der Waals surface area contributed by atoms with Gasteiger partial charge in [-0.05, 0) is 32.1 Å². The normalized spacial score (nSPS) is 19.4. The van der Waals surface area contributed by atoms with Crippen molar-refractivity contribution in [3.8, 4) is 5.75 Å². The first-order valence-electron chi connectivity index (χ1n) is 17.9. The number of ether oxygens (including phenoxy) is 5. The predicted octanol–water partition coefficient (Wildman–Crippen LogP) is 5.03. The number of unbranched alkanes of at least 4 members (excludes halogenated alkanes) is 7. The molecule has 304 valence electrons. The Bertz CT molecular complexity index is 1440. The van der Waals surface area contributed by atoms with Crippen LogP contribution in [0.2, 0.25) is 0 Å². The molecule has 1 aromatic rings. The molecule has 1 aliphatic carbocycles. The zero-order valence-corrected chi connectivity index (χ0v) is 30.9. The molecule has 18 heteroatoms. The van der Waals surface area contributed by atoms with Crippen molar-refractivity contribution in [1.29, 1.82) is 0 Å². The van der Waals surface area contributed by atoms with Gasteiger partial charge in [-0.1, -0.05) is 32.1 Å². The molecule has 1 saturated carbocycles. The maximum atomic E-state index is 13.7. The van der Waals surface area contributed by atoms with Crippen LogP contribution in [0.3, 0.4) is 0 Å². The van der Waals surface area contributed by atoms with Gasteiger partial charge in [-0.15, -0.1) is 0 Å². The summed E-state index contributed by atoms with van der Waals surface area (Å²) < 4.78 is 93.6. The first-order chi connectivity index (χ1) is 25.5. The zero-order valence-electron chi connectivity index (χ0n) is 30.9. The summed E-state index contributed by atoms with van der Waals surface area (Å²) in [6.45, 7) is 5.41. The van der Waals surface area contributed by atoms with Gasteiger partial charge >= 0.3 is 23.9 Å². The molecule has 54 heavy (non-hydrogen) atoms. The number of carbonyl (C=O) groups is 6. The van der Waals surface area contributed by atoms with Gasteiger partial charge in [0.25, 0.3) is 0 Å². The largest absolute Gasteiger partial charge is 0.465 e. The molecule has 2 N–H and O–H groups in total. The Morgan fingerprint density at radius 1 is 0.648 bits per heavy atom. The number of esters is 4. The van der Waals surface area contributed by atoms with Crippen LogP contribution in [0.15, 0.2) is 0 Å². The lowest BCUT2D eigenvalue weighted by Gasteiger charge is -2.45. The molecule has 5 atom stereocenters. The Morgan fingerprint density at radius 3 is 1.76 bits per heavy atom. The highest BCUT2D eigenvalue weighted by Crippen LogP contribution is 2.33. The fourth-order valence-corrected chi connectivity index (χ4v) is 5.97. The maximum absolute atomic E-state index is 13.7. The van der Waals surface area contributed by atoms with Gasteiger partial charge in [-0.2, -0.15) is 8.78 Å². The standard InChI is InChI=1S/C36H49F5N2O11/c1-20(44)43-33-25(18-24(19-51-21(2)45)34(52-22(3)46)36(33)53-23(4)47)50-17-13-11-14-26(48)42-16-12-9-7-5-6-8-10-15-27(49)54-35-31(40)29(38)28(37)30(39)32(35)41/h24-25,33-34,36H,5-19H2,1-4H3,(H,42,48)(H,43,44)/t24-,25-,33+,34+,36-/m1/s1. The van der Waals surface area contributed by atoms with Crippen molar-refractivity contribution in [1.82, 2.24) is 10.6 Å². The van der Waals surface area contributed by atoms with Gasteiger partial charge in [0.1, 0.15) is 6.10 Å². The average molecular weight is 781 g/mol. The molecule has 0 unspecified atom stereocenters. The number of nitrogens with one attached hydrogen (secondary N) is 2. The van der Waals surface area contributed by atoms with E-state index in [1.54, 1.807) is 0 Å². The first kappa shape index (κ1) is 45.8. The minimum Gasteiger partial charge on any atom is -0.465 e. The lowest BCUT2D eigenvalue weighted by atomic mass is 9.79. The van der Waals surface area contributed by atoms with E-state index in [0.29, 0.717) is 32.2 Å². The maximum Gasteiger partial charge on any atom is 0.311 e. The number of amides is 2. The topological polar surface area (TPSA) is 173 Å². The van der Waals surface area contributed by atoms with Gasteiger partial charge in [-0.3, -0.25) is 28.8 Å². The average Bonchev–Trinajstić information content (AvgIpc) is 3.09. The summed E-state index contributed by atoms with van der Waals surface area (Å²) in [6, 6.07) is -0.869. The summed E-state index contributed by atoms with van der Waals surface area (Å²) in [5.74, 6) is -16.9. The third-order valence-corrected chi connectivity index (χ3v) is 8.45. The summed E-state index contributed by atoms with van der Waals surface area (Å²) in [7, 11) is 0. The Balaban J connectivity index is 1.66. The number of rotatable bonds is 22. The number of hydrogen-bond donors (Lipinski definition) is 2. The highest BCUT2D eigenvalue weighted by Gasteiger charge is 2.50. The molecule has 0 aliphatic heterocycles. The molecule has 0 saturated heterocycles. The van der Waals surface area contributed by atoms with Crippen LogP contribution in [0, 0.1) is 35.0 Å². The minimum absolute atomic E-state index is 0.137. The van der Waals surface area contributed by atoms with Crippen LogP contribution in [0.5, 0.6) is 5.75 Å². The van der Waals surface area contributed by atoms with Crippen molar-refractivity contribution in [2.45, 2.75) is 129 Å². The van der Waals surface area contributed by atoms with Gasteiger partial charge < -0.3 is 34.3 Å². The van der Waals surface area contributed by atoms with Crippen LogP contribution in [-0.4, -0.2) is 79.8 Å². The van der Waals surface area contributed by atoms with Crippen LogP contribution < -0.4 is 15.4 Å². The monoisotopic (exact) mass is 780 g/mol. The molecule has 13 nitrogen and oxygen atoms in total. The third-order valence-electron chi connectivity index (χ3n) is 8.45. The van der Waals surface area contributed by atoms with Crippen LogP contribution in [0.25, 0.3) is 0 Å². The molecule has 0 radical (unpaired) electrons. The molecule has 0 bridgehead atoms. The molecule has 1 fully saturated rings. The second kappa shape index (κ2) is 23.4. The van der Waals surface area contributed by atoms with E-state index in [1.807, 2.05) is 0 Å². The van der Waals surface area contributed by atoms with Crippen molar-refractivity contribution in [3.63, 3.8) is 0 Å². The molecule has 0 spiro atoms. The van der Waals surface area contributed by atoms with Crippen LogP contribution in [0.1, 0.15) is 105 Å². The van der Waals surface area contributed by atoms with Crippen LogP contribution in [-0.2, 0) is 47.7 Å². The Hall–Kier alpha value is -4.35. The van der Waals surface area contributed by atoms with E-state index < -0.39 is 94.9 Å². The molecule has 1 aliphatic rings. The van der Waals surface area contributed by atoms with Crippen LogP contribution >= 0.6 is 0 Å². The molecule has 1 aromatic carbocycles. The van der Waals surface area contributed by atoms with Crippen LogP contribution in [0.4, 0.5) is 22.0 Å². The first-order valence-corrected chi connectivity index (χ1v) is 17.9. The second-order valence-electron chi connectivity index (χ2n) is 13.0. The SMILES string of the molecule is CC(=O)N[C@@H]1[C@@H](OC(C)=O)[C@@H](OC(C)=O)[C@@H](COC(C)=O)C[C@H]1OCCCCC(=O)NCCCCCCCCCC(=O)Oc1c(F)c(F)c(F)c(F)c1F. The lowest BCUT2D eigenvalue weighted by Crippen LogP contribution is -2.63. The molecular formula is C36H49F5N2O11. The van der Waals surface area contributed by atoms with E-state index in [0.717, 1.165) is 32.1 Å². The van der Waals surface area contributed by atoms with Gasteiger partial charge in [0.05, 0.1) is 18.8 Å². The molecule has 2 amide bonds. The van der Waals surface area contributed by atoms with Crippen molar-refractivity contribution in [2.75, 3.05) is 19.8 Å². The van der Waals surface area contributed by atoms with Gasteiger partial charge in [-0.25, -0.2) is 13.2 Å². The van der Waals surface area contributed by atoms with E-state index in [1.165, 1.54) is 27.7 Å². The summed E-state index contributed by atoms with van der Waals surface area (Å²) >= 11 is 0. The van der Waals surface area contributed by atoms with E-state index >= 15 is 0 Å². The second-order valence-corrected chi connectivity index (χ2v) is 13.0. The number of carbonyl (C=O) groups excluding carboxylic acids is 6. The number of hydrogen-bond acceptors (Lipinski definition) is 11. The van der Waals surface area contributed by atoms with Gasteiger partial charge in [0, 0.05) is 59.6 Å². The van der Waals surface area contributed by atoms with E-state index in [-0.39, 0.29) is 38.4 Å². The van der Waals surface area contributed by atoms with Crippen molar-refractivity contribution in [3.05, 3.63) is 29.1 Å². The van der Waals surface area contributed by atoms with Gasteiger partial charge in [0.2, 0.25) is 46.6 Å². The van der Waals surface area contributed by atoms with E-state index in [2.05, 4.69) is 15.4 Å². The summed E-state index contributed by atoms with van der Waals surface area (Å²) in [6.07, 6.45) is 3.22. The van der Waals surface area contributed by atoms with E-state index in [9.17, 15) is 50.7 Å². The number of halogens is 5. The van der Waals surface area contributed by atoms with Crippen molar-refractivity contribution in [2.24, 2.45) is 5.92 Å². The molecule has 0 aromatic heterocycles. The number of benzene rings is 1. The Morgan fingerprint density at radius 2 is 1.19 bits per heavy atom. The predicted molar refractivity (Wildman–Crippen MR) is 179 cm³/mol. The smallest absolute Gasteiger partial charge is 0.311 e. The highest BCUT2D eigenvalue weighted by atomic mass is 19.2. The lowest BCUT2D eigenvalue weighted by molar-refractivity contribution is -0.193. The fourth-order valence-electron chi connectivity index (χ4n) is 5.97. The summed E-state index contributed by atoms with van der Waals surface area (Å²) in [5.41, 5.74) is 0. The van der Waals surface area contributed by atoms with E-state index in [4.69, 9.17) is 18.9 Å². The van der Waals surface area contributed by atoms with Crippen molar-refractivity contribution >= 4 is 35.7 Å².